The summed E-state index contributed by atoms with van der Waals surface area (Å²) in [5.41, 5.74) is 0. The number of aliphatic carboxylic acids is 1. The Morgan fingerprint density at radius 2 is 1.59 bits per heavy atom. The quantitative estimate of drug-likeness (QED) is 0.303. The molecule has 1 N–H and O–H groups in total. The van der Waals surface area contributed by atoms with Crippen LogP contribution in [-0.2, 0) is 4.79 Å². The van der Waals surface area contributed by atoms with Crippen molar-refractivity contribution in [1.29, 1.82) is 0 Å². The number of allylic oxidation sites excluding steroid dienone is 4. The molecule has 0 heterocycles. The summed E-state index contributed by atoms with van der Waals surface area (Å²) in [7, 11) is 0. The SMILES string of the molecule is O=C(O)CCCCCCC/C=C\CCCCCC1C=CCC1. The number of rotatable bonds is 14. The van der Waals surface area contributed by atoms with Crippen molar-refractivity contribution >= 4 is 5.97 Å². The molecule has 1 aliphatic carbocycles. The molecular weight excluding hydrogens is 272 g/mol. The highest BCUT2D eigenvalue weighted by atomic mass is 16.4. The molecule has 2 heteroatoms. The fourth-order valence-corrected chi connectivity index (χ4v) is 3.09. The fourth-order valence-electron chi connectivity index (χ4n) is 3.09. The summed E-state index contributed by atoms with van der Waals surface area (Å²) in [4.78, 5) is 10.4. The predicted molar refractivity (Wildman–Crippen MR) is 94.0 cm³/mol. The van der Waals surface area contributed by atoms with E-state index in [-0.39, 0.29) is 0 Å². The minimum absolute atomic E-state index is 0.330. The van der Waals surface area contributed by atoms with Crippen LogP contribution in [0.1, 0.15) is 89.9 Å². The first-order chi connectivity index (χ1) is 10.8. The first-order valence-corrected chi connectivity index (χ1v) is 9.32. The lowest BCUT2D eigenvalue weighted by atomic mass is 10.0. The van der Waals surface area contributed by atoms with Crippen LogP contribution in [0.2, 0.25) is 0 Å². The summed E-state index contributed by atoms with van der Waals surface area (Å²) in [6.45, 7) is 0. The van der Waals surface area contributed by atoms with Gasteiger partial charge < -0.3 is 5.11 Å². The Kier molecular flexibility index (Phi) is 11.7. The largest absolute Gasteiger partial charge is 0.481 e. The van der Waals surface area contributed by atoms with Crippen molar-refractivity contribution in [2.75, 3.05) is 0 Å². The van der Waals surface area contributed by atoms with Crippen molar-refractivity contribution in [2.24, 2.45) is 5.92 Å². The Morgan fingerprint density at radius 3 is 2.23 bits per heavy atom. The Hall–Kier alpha value is -1.05. The van der Waals surface area contributed by atoms with Crippen LogP contribution >= 0.6 is 0 Å². The molecule has 1 unspecified atom stereocenters. The van der Waals surface area contributed by atoms with Crippen LogP contribution in [0.25, 0.3) is 0 Å². The Labute approximate surface area is 136 Å². The molecule has 0 aromatic rings. The zero-order valence-corrected chi connectivity index (χ0v) is 14.1. The molecule has 0 bridgehead atoms. The van der Waals surface area contributed by atoms with E-state index in [1.54, 1.807) is 0 Å². The number of hydrogen-bond donors (Lipinski definition) is 1. The van der Waals surface area contributed by atoms with Crippen LogP contribution in [0.3, 0.4) is 0 Å². The molecule has 0 aromatic carbocycles. The normalized spacial score (nSPS) is 17.5. The van der Waals surface area contributed by atoms with Gasteiger partial charge in [-0.15, -0.1) is 0 Å². The van der Waals surface area contributed by atoms with Gasteiger partial charge in [0.25, 0.3) is 0 Å². The molecule has 22 heavy (non-hydrogen) atoms. The third-order valence-corrected chi connectivity index (χ3v) is 4.49. The van der Waals surface area contributed by atoms with Crippen molar-refractivity contribution in [1.82, 2.24) is 0 Å². The van der Waals surface area contributed by atoms with Crippen LogP contribution in [-0.4, -0.2) is 11.1 Å². The summed E-state index contributed by atoms with van der Waals surface area (Å²) in [6.07, 6.45) is 25.9. The Morgan fingerprint density at radius 1 is 0.955 bits per heavy atom. The zero-order valence-electron chi connectivity index (χ0n) is 14.1. The van der Waals surface area contributed by atoms with E-state index in [0.29, 0.717) is 6.42 Å². The van der Waals surface area contributed by atoms with Crippen molar-refractivity contribution in [3.63, 3.8) is 0 Å². The molecule has 1 atom stereocenters. The van der Waals surface area contributed by atoms with Gasteiger partial charge in [-0.2, -0.15) is 0 Å². The molecule has 0 radical (unpaired) electrons. The van der Waals surface area contributed by atoms with Gasteiger partial charge in [-0.05, 0) is 57.3 Å². The van der Waals surface area contributed by atoms with Crippen LogP contribution in [0.15, 0.2) is 24.3 Å². The maximum absolute atomic E-state index is 10.4. The van der Waals surface area contributed by atoms with Crippen LogP contribution < -0.4 is 0 Å². The van der Waals surface area contributed by atoms with Gasteiger partial charge in [-0.25, -0.2) is 0 Å². The summed E-state index contributed by atoms with van der Waals surface area (Å²) >= 11 is 0. The molecule has 0 amide bonds. The van der Waals surface area contributed by atoms with E-state index in [0.717, 1.165) is 18.8 Å². The average molecular weight is 306 g/mol. The summed E-state index contributed by atoms with van der Waals surface area (Å²) in [5.74, 6) is 0.216. The molecule has 0 saturated carbocycles. The number of hydrogen-bond acceptors (Lipinski definition) is 1. The second-order valence-electron chi connectivity index (χ2n) is 6.58. The number of carbonyl (C=O) groups is 1. The molecule has 2 nitrogen and oxygen atoms in total. The fraction of sp³-hybridized carbons (Fsp3) is 0.750. The Balaban J connectivity index is 1.74. The second kappa shape index (κ2) is 13.6. The minimum atomic E-state index is -0.664. The third-order valence-electron chi connectivity index (χ3n) is 4.49. The Bertz CT molecular complexity index is 331. The highest BCUT2D eigenvalue weighted by molar-refractivity contribution is 5.66. The molecule has 0 fully saturated rings. The number of carboxylic acids is 1. The van der Waals surface area contributed by atoms with E-state index in [4.69, 9.17) is 5.11 Å². The van der Waals surface area contributed by atoms with Gasteiger partial charge in [-0.1, -0.05) is 56.4 Å². The van der Waals surface area contributed by atoms with Crippen LogP contribution in [0.4, 0.5) is 0 Å². The zero-order chi connectivity index (χ0) is 15.9. The standard InChI is InChI=1S/C20H34O2/c21-20(22)18-12-10-8-6-4-2-1-3-5-7-9-11-15-19-16-13-14-17-19/h1,3,13,16,19H,2,4-12,14-15,17-18H2,(H,21,22)/b3-1-. The van der Waals surface area contributed by atoms with E-state index in [1.807, 2.05) is 0 Å². The first kappa shape index (κ1) is 19.0. The summed E-state index contributed by atoms with van der Waals surface area (Å²) < 4.78 is 0. The van der Waals surface area contributed by atoms with Gasteiger partial charge in [0, 0.05) is 6.42 Å². The van der Waals surface area contributed by atoms with E-state index in [2.05, 4.69) is 24.3 Å². The molecule has 0 aliphatic heterocycles. The molecule has 0 saturated heterocycles. The van der Waals surface area contributed by atoms with Gasteiger partial charge in [0.1, 0.15) is 0 Å². The summed E-state index contributed by atoms with van der Waals surface area (Å²) in [6, 6.07) is 0. The maximum atomic E-state index is 10.4. The molecular formula is C20H34O2. The molecule has 0 aromatic heterocycles. The number of unbranched alkanes of at least 4 members (excludes halogenated alkanes) is 8. The van der Waals surface area contributed by atoms with E-state index >= 15 is 0 Å². The lowest BCUT2D eigenvalue weighted by Gasteiger charge is -2.05. The highest BCUT2D eigenvalue weighted by Crippen LogP contribution is 2.22. The van der Waals surface area contributed by atoms with E-state index < -0.39 is 5.97 Å². The van der Waals surface area contributed by atoms with E-state index in [9.17, 15) is 4.79 Å². The van der Waals surface area contributed by atoms with Crippen molar-refractivity contribution in [2.45, 2.75) is 89.9 Å². The molecule has 126 valence electrons. The predicted octanol–water partition coefficient (Wildman–Crippen LogP) is 6.27. The molecule has 0 spiro atoms. The maximum Gasteiger partial charge on any atom is 0.303 e. The van der Waals surface area contributed by atoms with Crippen molar-refractivity contribution in [3.8, 4) is 0 Å². The van der Waals surface area contributed by atoms with Gasteiger partial charge in [0.15, 0.2) is 0 Å². The van der Waals surface area contributed by atoms with Crippen LogP contribution in [0, 0.1) is 5.92 Å². The minimum Gasteiger partial charge on any atom is -0.481 e. The second-order valence-corrected chi connectivity index (χ2v) is 6.58. The molecule has 1 aliphatic rings. The highest BCUT2D eigenvalue weighted by Gasteiger charge is 2.07. The van der Waals surface area contributed by atoms with Gasteiger partial charge in [-0.3, -0.25) is 4.79 Å². The third kappa shape index (κ3) is 11.6. The topological polar surface area (TPSA) is 37.3 Å². The van der Waals surface area contributed by atoms with Crippen molar-refractivity contribution in [3.05, 3.63) is 24.3 Å². The smallest absolute Gasteiger partial charge is 0.303 e. The van der Waals surface area contributed by atoms with Crippen molar-refractivity contribution < 1.29 is 9.90 Å². The van der Waals surface area contributed by atoms with Gasteiger partial charge in [0.2, 0.25) is 0 Å². The monoisotopic (exact) mass is 306 g/mol. The van der Waals surface area contributed by atoms with Crippen LogP contribution in [0.5, 0.6) is 0 Å². The van der Waals surface area contributed by atoms with E-state index in [1.165, 1.54) is 70.6 Å². The lowest BCUT2D eigenvalue weighted by Crippen LogP contribution is -1.93. The lowest BCUT2D eigenvalue weighted by molar-refractivity contribution is -0.137. The van der Waals surface area contributed by atoms with Gasteiger partial charge in [0.05, 0.1) is 0 Å². The number of carboxylic acid groups (broad SMARTS) is 1. The average Bonchev–Trinajstić information content (AvgIpc) is 3.00. The summed E-state index contributed by atoms with van der Waals surface area (Å²) in [5, 5.41) is 8.53. The molecule has 1 rings (SSSR count). The van der Waals surface area contributed by atoms with Gasteiger partial charge >= 0.3 is 5.97 Å². The first-order valence-electron chi connectivity index (χ1n) is 9.32.